The molecule has 0 aliphatic rings. The highest BCUT2D eigenvalue weighted by atomic mass is 32.1. The first-order valence-corrected chi connectivity index (χ1v) is 8.40. The number of furan rings is 1. The van der Waals surface area contributed by atoms with E-state index in [0.29, 0.717) is 30.2 Å². The summed E-state index contributed by atoms with van der Waals surface area (Å²) in [6.07, 6.45) is 0. The number of carbonyl (C=O) groups excluding carboxylic acids is 1. The van der Waals surface area contributed by atoms with E-state index in [2.05, 4.69) is 10.4 Å². The first-order chi connectivity index (χ1) is 11.5. The molecule has 0 aliphatic carbocycles. The van der Waals surface area contributed by atoms with Crippen molar-refractivity contribution in [1.29, 1.82) is 0 Å². The van der Waals surface area contributed by atoms with Gasteiger partial charge >= 0.3 is 0 Å². The van der Waals surface area contributed by atoms with Crippen molar-refractivity contribution in [3.05, 3.63) is 63.1 Å². The van der Waals surface area contributed by atoms with Gasteiger partial charge in [0.05, 0.1) is 17.0 Å². The fourth-order valence-electron chi connectivity index (χ4n) is 2.39. The van der Waals surface area contributed by atoms with E-state index in [0.717, 1.165) is 10.6 Å². The molecule has 1 N–H and O–H groups in total. The molecule has 0 fully saturated rings. The molecule has 3 rings (SSSR count). The summed E-state index contributed by atoms with van der Waals surface area (Å²) in [5.74, 6) is 1.06. The van der Waals surface area contributed by atoms with Gasteiger partial charge in [0.1, 0.15) is 17.2 Å². The van der Waals surface area contributed by atoms with Crippen LogP contribution in [-0.4, -0.2) is 22.2 Å². The van der Waals surface area contributed by atoms with Gasteiger partial charge in [-0.25, -0.2) is 4.68 Å². The summed E-state index contributed by atoms with van der Waals surface area (Å²) in [7, 11) is 0. The molecule has 0 saturated carbocycles. The number of carbonyl (C=O) groups is 1. The van der Waals surface area contributed by atoms with Gasteiger partial charge in [0.15, 0.2) is 0 Å². The van der Waals surface area contributed by atoms with E-state index in [-0.39, 0.29) is 11.5 Å². The molecule has 124 valence electrons. The zero-order valence-corrected chi connectivity index (χ0v) is 14.2. The first kappa shape index (κ1) is 16.2. The fourth-order valence-corrected chi connectivity index (χ4v) is 3.08. The van der Waals surface area contributed by atoms with Crippen LogP contribution < -0.4 is 10.9 Å². The Morgan fingerprint density at radius 1 is 1.33 bits per heavy atom. The number of aromatic nitrogens is 2. The highest BCUT2D eigenvalue weighted by Gasteiger charge is 2.13. The Hall–Kier alpha value is -2.67. The van der Waals surface area contributed by atoms with Crippen LogP contribution in [0.15, 0.2) is 44.9 Å². The van der Waals surface area contributed by atoms with Crippen molar-refractivity contribution in [3.8, 4) is 10.6 Å². The summed E-state index contributed by atoms with van der Waals surface area (Å²) < 4.78 is 6.71. The summed E-state index contributed by atoms with van der Waals surface area (Å²) in [5.41, 5.74) is 1.07. The molecule has 0 unspecified atom stereocenters. The van der Waals surface area contributed by atoms with Gasteiger partial charge in [-0.3, -0.25) is 9.59 Å². The molecule has 0 radical (unpaired) electrons. The predicted molar refractivity (Wildman–Crippen MR) is 92.3 cm³/mol. The predicted octanol–water partition coefficient (Wildman–Crippen LogP) is 2.61. The average molecular weight is 343 g/mol. The maximum Gasteiger partial charge on any atom is 0.266 e. The highest BCUT2D eigenvalue weighted by Crippen LogP contribution is 2.21. The molecule has 0 aromatic carbocycles. The summed E-state index contributed by atoms with van der Waals surface area (Å²) in [6, 6.07) is 8.79. The molecule has 3 aromatic heterocycles. The normalized spacial score (nSPS) is 10.8. The van der Waals surface area contributed by atoms with Crippen molar-refractivity contribution >= 4 is 17.2 Å². The average Bonchev–Trinajstić information content (AvgIpc) is 3.18. The van der Waals surface area contributed by atoms with Gasteiger partial charge in [-0.2, -0.15) is 5.10 Å². The fraction of sp³-hybridized carbons (Fsp3) is 0.235. The van der Waals surface area contributed by atoms with Gasteiger partial charge in [-0.1, -0.05) is 6.07 Å². The number of rotatable bonds is 5. The molecule has 0 spiro atoms. The standard InChI is InChI=1S/C17H17N3O3S/c1-11-10-13(12(2)23-11)17(22)18-7-8-20-16(21)6-5-14(19-20)15-4-3-9-24-15/h3-6,9-10H,7-8H2,1-2H3,(H,18,22). The lowest BCUT2D eigenvalue weighted by Crippen LogP contribution is -2.32. The summed E-state index contributed by atoms with van der Waals surface area (Å²) >= 11 is 1.56. The van der Waals surface area contributed by atoms with Crippen LogP contribution >= 0.6 is 11.3 Å². The second-order valence-electron chi connectivity index (χ2n) is 5.34. The Morgan fingerprint density at radius 3 is 2.83 bits per heavy atom. The van der Waals surface area contributed by atoms with E-state index in [9.17, 15) is 9.59 Å². The van der Waals surface area contributed by atoms with E-state index in [1.54, 1.807) is 37.3 Å². The van der Waals surface area contributed by atoms with E-state index in [1.165, 1.54) is 10.7 Å². The van der Waals surface area contributed by atoms with Gasteiger partial charge < -0.3 is 9.73 Å². The summed E-state index contributed by atoms with van der Waals surface area (Å²) in [5, 5.41) is 9.10. The Labute approximate surface area is 142 Å². The molecule has 0 aliphatic heterocycles. The van der Waals surface area contributed by atoms with Crippen LogP contribution in [0, 0.1) is 13.8 Å². The molecule has 3 heterocycles. The monoisotopic (exact) mass is 343 g/mol. The maximum absolute atomic E-state index is 12.1. The highest BCUT2D eigenvalue weighted by molar-refractivity contribution is 7.13. The number of aryl methyl sites for hydroxylation is 2. The molecule has 7 heteroatoms. The van der Waals surface area contributed by atoms with E-state index in [1.807, 2.05) is 17.5 Å². The molecular formula is C17H17N3O3S. The number of hydrogen-bond donors (Lipinski definition) is 1. The topological polar surface area (TPSA) is 77.1 Å². The van der Waals surface area contributed by atoms with Gasteiger partial charge in [-0.05, 0) is 37.4 Å². The SMILES string of the molecule is Cc1cc(C(=O)NCCn2nc(-c3cccs3)ccc2=O)c(C)o1. The smallest absolute Gasteiger partial charge is 0.266 e. The third-order valence-electron chi connectivity index (χ3n) is 3.54. The van der Waals surface area contributed by atoms with Crippen LogP contribution in [0.25, 0.3) is 10.6 Å². The van der Waals surface area contributed by atoms with E-state index in [4.69, 9.17) is 4.42 Å². The Balaban J connectivity index is 1.66. The van der Waals surface area contributed by atoms with Crippen LogP contribution in [0.2, 0.25) is 0 Å². The van der Waals surface area contributed by atoms with E-state index < -0.39 is 0 Å². The third-order valence-corrected chi connectivity index (χ3v) is 4.43. The van der Waals surface area contributed by atoms with Gasteiger partial charge in [0.2, 0.25) is 0 Å². The molecule has 0 bridgehead atoms. The quantitative estimate of drug-likeness (QED) is 0.772. The summed E-state index contributed by atoms with van der Waals surface area (Å²) in [4.78, 5) is 25.0. The lowest BCUT2D eigenvalue weighted by atomic mass is 10.2. The molecule has 24 heavy (non-hydrogen) atoms. The van der Waals surface area contributed by atoms with Crippen molar-refractivity contribution in [1.82, 2.24) is 15.1 Å². The van der Waals surface area contributed by atoms with Crippen LogP contribution in [0.1, 0.15) is 21.9 Å². The Kier molecular flexibility index (Phi) is 4.61. The van der Waals surface area contributed by atoms with E-state index >= 15 is 0 Å². The number of thiophene rings is 1. The number of amides is 1. The number of nitrogens with zero attached hydrogens (tertiary/aromatic N) is 2. The largest absolute Gasteiger partial charge is 0.466 e. The van der Waals surface area contributed by atoms with Crippen molar-refractivity contribution in [3.63, 3.8) is 0 Å². The first-order valence-electron chi connectivity index (χ1n) is 7.52. The second-order valence-corrected chi connectivity index (χ2v) is 6.29. The van der Waals surface area contributed by atoms with Crippen LogP contribution in [0.4, 0.5) is 0 Å². The Bertz CT molecular complexity index is 910. The van der Waals surface area contributed by atoms with Crippen LogP contribution in [0.5, 0.6) is 0 Å². The van der Waals surface area contributed by atoms with Crippen LogP contribution in [0.3, 0.4) is 0 Å². The minimum Gasteiger partial charge on any atom is -0.466 e. The minimum atomic E-state index is -0.216. The van der Waals surface area contributed by atoms with Gasteiger partial charge in [0.25, 0.3) is 11.5 Å². The van der Waals surface area contributed by atoms with Crippen molar-refractivity contribution in [2.24, 2.45) is 0 Å². The molecule has 3 aromatic rings. The molecular weight excluding hydrogens is 326 g/mol. The van der Waals surface area contributed by atoms with Crippen molar-refractivity contribution < 1.29 is 9.21 Å². The maximum atomic E-state index is 12.1. The Morgan fingerprint density at radius 2 is 2.17 bits per heavy atom. The van der Waals surface area contributed by atoms with Crippen LogP contribution in [-0.2, 0) is 6.54 Å². The zero-order valence-electron chi connectivity index (χ0n) is 13.4. The zero-order chi connectivity index (χ0) is 17.1. The van der Waals surface area contributed by atoms with Gasteiger partial charge in [-0.15, -0.1) is 11.3 Å². The third kappa shape index (κ3) is 3.46. The lowest BCUT2D eigenvalue weighted by molar-refractivity contribution is 0.0950. The number of nitrogens with one attached hydrogen (secondary N) is 1. The van der Waals surface area contributed by atoms with Crippen molar-refractivity contribution in [2.45, 2.75) is 20.4 Å². The molecule has 0 saturated heterocycles. The number of hydrogen-bond acceptors (Lipinski definition) is 5. The molecule has 0 atom stereocenters. The minimum absolute atomic E-state index is 0.195. The molecule has 1 amide bonds. The second kappa shape index (κ2) is 6.84. The lowest BCUT2D eigenvalue weighted by Gasteiger charge is -2.07. The van der Waals surface area contributed by atoms with Gasteiger partial charge in [0, 0.05) is 12.6 Å². The van der Waals surface area contributed by atoms with Crippen molar-refractivity contribution in [2.75, 3.05) is 6.54 Å². The summed E-state index contributed by atoms with van der Waals surface area (Å²) in [6.45, 7) is 4.16. The molecule has 6 nitrogen and oxygen atoms in total.